The van der Waals surface area contributed by atoms with Crippen molar-refractivity contribution < 1.29 is 14.4 Å². The summed E-state index contributed by atoms with van der Waals surface area (Å²) in [6.45, 7) is 1.95. The number of carbonyl (C=O) groups excluding carboxylic acids is 3. The van der Waals surface area contributed by atoms with Gasteiger partial charge in [-0.1, -0.05) is 17.7 Å². The zero-order chi connectivity index (χ0) is 18.0. The molecule has 0 unspecified atom stereocenters. The minimum absolute atomic E-state index is 0.407. The number of amides is 4. The number of barbiturate groups is 1. The van der Waals surface area contributed by atoms with Gasteiger partial charge >= 0.3 is 6.03 Å². The Hall–Kier alpha value is -2.55. The molecule has 2 aromatic carbocycles. The van der Waals surface area contributed by atoms with Gasteiger partial charge in [0.25, 0.3) is 5.91 Å². The molecule has 1 atom stereocenters. The van der Waals surface area contributed by atoms with E-state index in [4.69, 9.17) is 0 Å². The summed E-state index contributed by atoms with van der Waals surface area (Å²) >= 11 is 2.13. The summed E-state index contributed by atoms with van der Waals surface area (Å²) in [4.78, 5) is 41.9. The molecule has 1 saturated heterocycles. The summed E-state index contributed by atoms with van der Waals surface area (Å²) in [5.74, 6) is -2.45. The Balaban J connectivity index is 1.87. The Kier molecular flexibility index (Phi) is 4.93. The maximum atomic E-state index is 12.7. The van der Waals surface area contributed by atoms with Crippen LogP contribution in [0.4, 0.5) is 16.2 Å². The monoisotopic (exact) mass is 447 g/mol. The van der Waals surface area contributed by atoms with E-state index in [1.54, 1.807) is 36.4 Å². The molecular weight excluding hydrogens is 433 g/mol. The van der Waals surface area contributed by atoms with Crippen LogP contribution in [0.1, 0.15) is 5.56 Å². The van der Waals surface area contributed by atoms with Crippen molar-refractivity contribution in [2.45, 2.75) is 6.92 Å². The highest BCUT2D eigenvalue weighted by Crippen LogP contribution is 2.22. The second kappa shape index (κ2) is 7.14. The number of aryl methyl sites for hydroxylation is 1. The summed E-state index contributed by atoms with van der Waals surface area (Å²) in [6.07, 6.45) is 1.27. The quantitative estimate of drug-likeness (QED) is 0.446. The van der Waals surface area contributed by atoms with E-state index >= 15 is 0 Å². The molecule has 0 spiro atoms. The first-order valence-electron chi connectivity index (χ1n) is 7.51. The molecule has 126 valence electrons. The van der Waals surface area contributed by atoms with Gasteiger partial charge in [-0.3, -0.25) is 19.9 Å². The SMILES string of the molecule is Cc1ccc(N=C[C@H]2C(=O)NC(=O)N(c3ccc(I)cc3)C2=O)cc1. The van der Waals surface area contributed by atoms with Gasteiger partial charge in [0.15, 0.2) is 5.92 Å². The summed E-state index contributed by atoms with van der Waals surface area (Å²) < 4.78 is 0.972. The maximum absolute atomic E-state index is 12.7. The van der Waals surface area contributed by atoms with Crippen LogP contribution < -0.4 is 10.2 Å². The second-order valence-corrected chi connectivity index (χ2v) is 6.78. The molecule has 0 saturated carbocycles. The lowest BCUT2D eigenvalue weighted by Crippen LogP contribution is -2.58. The van der Waals surface area contributed by atoms with Crippen LogP contribution in [0.5, 0.6) is 0 Å². The van der Waals surface area contributed by atoms with Gasteiger partial charge in [-0.05, 0) is 65.9 Å². The molecule has 1 fully saturated rings. The molecule has 0 aliphatic carbocycles. The average Bonchev–Trinajstić information content (AvgIpc) is 2.57. The van der Waals surface area contributed by atoms with Gasteiger partial charge in [0.05, 0.1) is 11.4 Å². The molecular formula is C18H14IN3O3. The molecule has 1 aliphatic rings. The van der Waals surface area contributed by atoms with Crippen LogP contribution in [-0.2, 0) is 9.59 Å². The molecule has 1 N–H and O–H groups in total. The van der Waals surface area contributed by atoms with Crippen LogP contribution in [0.3, 0.4) is 0 Å². The van der Waals surface area contributed by atoms with E-state index in [0.717, 1.165) is 14.0 Å². The number of benzene rings is 2. The molecule has 1 aliphatic heterocycles. The van der Waals surface area contributed by atoms with Crippen LogP contribution in [0, 0.1) is 16.4 Å². The van der Waals surface area contributed by atoms with E-state index < -0.39 is 23.8 Å². The number of rotatable bonds is 3. The first kappa shape index (κ1) is 17.3. The predicted molar refractivity (Wildman–Crippen MR) is 103 cm³/mol. The lowest BCUT2D eigenvalue weighted by Gasteiger charge is -2.28. The molecule has 7 heteroatoms. The number of hydrogen-bond donors (Lipinski definition) is 1. The third kappa shape index (κ3) is 3.76. The van der Waals surface area contributed by atoms with Crippen molar-refractivity contribution in [2.75, 3.05) is 4.90 Å². The number of imide groups is 2. The zero-order valence-corrected chi connectivity index (χ0v) is 15.4. The number of nitrogens with one attached hydrogen (secondary N) is 1. The van der Waals surface area contributed by atoms with Gasteiger partial charge in [0.2, 0.25) is 5.91 Å². The van der Waals surface area contributed by atoms with Crippen molar-refractivity contribution in [3.63, 3.8) is 0 Å². The standard InChI is InChI=1S/C18H14IN3O3/c1-11-2-6-13(7-3-11)20-10-15-16(23)21-18(25)22(17(15)24)14-8-4-12(19)5-9-14/h2-10,15H,1H3,(H,21,23,25)/t15-/m0/s1. The predicted octanol–water partition coefficient (Wildman–Crippen LogP) is 3.20. The Bertz CT molecular complexity index is 860. The Morgan fingerprint density at radius 1 is 1.04 bits per heavy atom. The van der Waals surface area contributed by atoms with Crippen molar-refractivity contribution in [3.8, 4) is 0 Å². The summed E-state index contributed by atoms with van der Waals surface area (Å²) in [5.41, 5.74) is 2.12. The van der Waals surface area contributed by atoms with Crippen molar-refractivity contribution in [2.24, 2.45) is 10.9 Å². The molecule has 3 rings (SSSR count). The molecule has 1 heterocycles. The van der Waals surface area contributed by atoms with Crippen LogP contribution >= 0.6 is 22.6 Å². The molecule has 6 nitrogen and oxygen atoms in total. The van der Waals surface area contributed by atoms with E-state index in [1.165, 1.54) is 6.21 Å². The van der Waals surface area contributed by atoms with Gasteiger partial charge < -0.3 is 0 Å². The molecule has 4 amide bonds. The van der Waals surface area contributed by atoms with Gasteiger partial charge in [-0.25, -0.2) is 9.69 Å². The maximum Gasteiger partial charge on any atom is 0.335 e. The second-order valence-electron chi connectivity index (χ2n) is 5.54. The normalized spacial score (nSPS) is 17.9. The summed E-state index contributed by atoms with van der Waals surface area (Å²) in [6, 6.07) is 13.5. The topological polar surface area (TPSA) is 78.8 Å². The Morgan fingerprint density at radius 2 is 1.68 bits per heavy atom. The Labute approximate surface area is 158 Å². The van der Waals surface area contributed by atoms with Gasteiger partial charge in [0.1, 0.15) is 0 Å². The third-order valence-corrected chi connectivity index (χ3v) is 4.41. The highest BCUT2D eigenvalue weighted by Gasteiger charge is 2.40. The smallest absolute Gasteiger partial charge is 0.276 e. The highest BCUT2D eigenvalue weighted by atomic mass is 127. The number of aliphatic imine (C=N–C) groups is 1. The van der Waals surface area contributed by atoms with E-state index in [0.29, 0.717) is 11.4 Å². The van der Waals surface area contributed by atoms with E-state index in [-0.39, 0.29) is 0 Å². The zero-order valence-electron chi connectivity index (χ0n) is 13.3. The molecule has 2 aromatic rings. The first-order chi connectivity index (χ1) is 12.0. The molecule has 0 aromatic heterocycles. The number of halogens is 1. The van der Waals surface area contributed by atoms with Gasteiger partial charge in [-0.2, -0.15) is 0 Å². The highest BCUT2D eigenvalue weighted by molar-refractivity contribution is 14.1. The molecule has 0 radical (unpaired) electrons. The van der Waals surface area contributed by atoms with Crippen LogP contribution in [0.25, 0.3) is 0 Å². The third-order valence-electron chi connectivity index (χ3n) is 3.69. The van der Waals surface area contributed by atoms with Crippen LogP contribution in [0.2, 0.25) is 0 Å². The average molecular weight is 447 g/mol. The van der Waals surface area contributed by atoms with Crippen molar-refractivity contribution in [1.29, 1.82) is 0 Å². The number of urea groups is 1. The minimum atomic E-state index is -1.15. The van der Waals surface area contributed by atoms with Gasteiger partial charge in [0, 0.05) is 9.78 Å². The van der Waals surface area contributed by atoms with E-state index in [9.17, 15) is 14.4 Å². The fourth-order valence-electron chi connectivity index (χ4n) is 2.35. The van der Waals surface area contributed by atoms with Gasteiger partial charge in [-0.15, -0.1) is 0 Å². The minimum Gasteiger partial charge on any atom is -0.276 e. The number of carbonyl (C=O) groups is 3. The fraction of sp³-hybridized carbons (Fsp3) is 0.111. The van der Waals surface area contributed by atoms with Crippen LogP contribution in [0.15, 0.2) is 53.5 Å². The molecule has 0 bridgehead atoms. The molecule has 25 heavy (non-hydrogen) atoms. The van der Waals surface area contributed by atoms with Crippen molar-refractivity contribution in [3.05, 3.63) is 57.7 Å². The van der Waals surface area contributed by atoms with E-state index in [2.05, 4.69) is 32.9 Å². The van der Waals surface area contributed by atoms with E-state index in [1.807, 2.05) is 19.1 Å². The number of nitrogens with zero attached hydrogens (tertiary/aromatic N) is 2. The number of hydrogen-bond acceptors (Lipinski definition) is 4. The largest absolute Gasteiger partial charge is 0.335 e. The summed E-state index contributed by atoms with van der Waals surface area (Å²) in [5, 5.41) is 2.20. The Morgan fingerprint density at radius 3 is 2.32 bits per heavy atom. The number of anilines is 1. The lowest BCUT2D eigenvalue weighted by atomic mass is 10.1. The lowest BCUT2D eigenvalue weighted by molar-refractivity contribution is -0.131. The van der Waals surface area contributed by atoms with Crippen molar-refractivity contribution >= 4 is 58.0 Å². The van der Waals surface area contributed by atoms with Crippen LogP contribution in [-0.4, -0.2) is 24.1 Å². The fourth-order valence-corrected chi connectivity index (χ4v) is 2.71. The van der Waals surface area contributed by atoms with Crippen molar-refractivity contribution in [1.82, 2.24) is 5.32 Å². The summed E-state index contributed by atoms with van der Waals surface area (Å²) in [7, 11) is 0. The first-order valence-corrected chi connectivity index (χ1v) is 8.59.